The molecule has 2 aliphatic carbocycles. The summed E-state index contributed by atoms with van der Waals surface area (Å²) in [6.45, 7) is 1.73. The Kier molecular flexibility index (Phi) is 3.67. The van der Waals surface area contributed by atoms with Crippen LogP contribution in [0.3, 0.4) is 0 Å². The second-order valence-corrected chi connectivity index (χ2v) is 5.46. The van der Waals surface area contributed by atoms with E-state index in [1.165, 1.54) is 44.9 Å². The lowest BCUT2D eigenvalue weighted by atomic mass is 9.65. The minimum Gasteiger partial charge on any atom is -0.478 e. The number of carbonyl (C=O) groups is 1. The number of fused-ring (bicyclic) bond motifs is 1. The van der Waals surface area contributed by atoms with E-state index in [2.05, 4.69) is 0 Å². The highest BCUT2D eigenvalue weighted by Gasteiger charge is 2.33. The van der Waals surface area contributed by atoms with Crippen LogP contribution in [0.15, 0.2) is 11.6 Å². The van der Waals surface area contributed by atoms with Crippen molar-refractivity contribution < 1.29 is 9.90 Å². The van der Waals surface area contributed by atoms with Crippen molar-refractivity contribution in [2.75, 3.05) is 0 Å². The van der Waals surface area contributed by atoms with E-state index in [4.69, 9.17) is 5.11 Å². The van der Waals surface area contributed by atoms with Gasteiger partial charge in [0.15, 0.2) is 0 Å². The van der Waals surface area contributed by atoms with Crippen molar-refractivity contribution in [3.05, 3.63) is 11.6 Å². The Hall–Kier alpha value is -0.790. The molecule has 0 saturated heterocycles. The van der Waals surface area contributed by atoms with Crippen molar-refractivity contribution in [2.24, 2.45) is 17.8 Å². The average Bonchev–Trinajstić information content (AvgIpc) is 2.29. The van der Waals surface area contributed by atoms with E-state index in [9.17, 15) is 4.79 Å². The van der Waals surface area contributed by atoms with Gasteiger partial charge in [-0.05, 0) is 37.5 Å². The van der Waals surface area contributed by atoms with Crippen LogP contribution in [0.5, 0.6) is 0 Å². The summed E-state index contributed by atoms with van der Waals surface area (Å²) in [5.41, 5.74) is 0.538. The number of allylic oxidation sites excluding steroid dienone is 1. The molecule has 0 aromatic rings. The van der Waals surface area contributed by atoms with Gasteiger partial charge in [0, 0.05) is 5.57 Å². The number of rotatable bonds is 2. The molecule has 0 aromatic heterocycles. The lowest BCUT2D eigenvalue weighted by Gasteiger charge is -2.40. The zero-order chi connectivity index (χ0) is 11.5. The third-order valence-electron chi connectivity index (χ3n) is 4.43. The van der Waals surface area contributed by atoms with Gasteiger partial charge in [-0.3, -0.25) is 0 Å². The summed E-state index contributed by atoms with van der Waals surface area (Å²) >= 11 is 0. The zero-order valence-electron chi connectivity index (χ0n) is 10.1. The molecule has 0 aromatic carbocycles. The average molecular weight is 222 g/mol. The zero-order valence-corrected chi connectivity index (χ0v) is 10.1. The predicted octanol–water partition coefficient (Wildman–Crippen LogP) is 3.62. The van der Waals surface area contributed by atoms with Gasteiger partial charge in [0.25, 0.3) is 0 Å². The highest BCUT2D eigenvalue weighted by atomic mass is 16.4. The van der Waals surface area contributed by atoms with Gasteiger partial charge in [-0.1, -0.05) is 38.2 Å². The molecule has 0 amide bonds. The van der Waals surface area contributed by atoms with Gasteiger partial charge in [0.2, 0.25) is 0 Å². The van der Waals surface area contributed by atoms with Crippen LogP contribution >= 0.6 is 0 Å². The Balaban J connectivity index is 2.08. The molecule has 0 spiro atoms. The van der Waals surface area contributed by atoms with Crippen LogP contribution in [0.1, 0.15) is 51.9 Å². The third kappa shape index (κ3) is 2.47. The maximum atomic E-state index is 10.9. The number of hydrogen-bond donors (Lipinski definition) is 1. The second-order valence-electron chi connectivity index (χ2n) is 5.46. The normalized spacial score (nSPS) is 35.6. The van der Waals surface area contributed by atoms with Crippen LogP contribution in [0.4, 0.5) is 0 Å². The van der Waals surface area contributed by atoms with Crippen LogP contribution in [0.25, 0.3) is 0 Å². The summed E-state index contributed by atoms with van der Waals surface area (Å²) in [6.07, 6.45) is 11.3. The Morgan fingerprint density at radius 3 is 2.56 bits per heavy atom. The summed E-state index contributed by atoms with van der Waals surface area (Å²) in [6, 6.07) is 0. The molecule has 0 heterocycles. The highest BCUT2D eigenvalue weighted by Crippen LogP contribution is 2.44. The molecule has 0 radical (unpaired) electrons. The van der Waals surface area contributed by atoms with Crippen molar-refractivity contribution in [2.45, 2.75) is 51.9 Å². The summed E-state index contributed by atoms with van der Waals surface area (Å²) in [5.74, 6) is 1.44. The first-order valence-corrected chi connectivity index (χ1v) is 6.60. The first kappa shape index (κ1) is 11.7. The SMILES string of the molecule is C/C(=C\C1CCCC2CCCCC12)C(=O)O. The van der Waals surface area contributed by atoms with Crippen LogP contribution in [-0.4, -0.2) is 11.1 Å². The molecular weight excluding hydrogens is 200 g/mol. The summed E-state index contributed by atoms with van der Waals surface area (Å²) in [4.78, 5) is 10.9. The number of aliphatic carboxylic acids is 1. The molecule has 3 unspecified atom stereocenters. The summed E-state index contributed by atoms with van der Waals surface area (Å²) < 4.78 is 0. The smallest absolute Gasteiger partial charge is 0.330 e. The third-order valence-corrected chi connectivity index (χ3v) is 4.43. The standard InChI is InChI=1S/C14H22O2/c1-10(14(15)16)9-12-7-4-6-11-5-2-3-8-13(11)12/h9,11-13H,2-8H2,1H3,(H,15,16)/b10-9+. The van der Waals surface area contributed by atoms with E-state index < -0.39 is 5.97 Å². The largest absolute Gasteiger partial charge is 0.478 e. The van der Waals surface area contributed by atoms with E-state index >= 15 is 0 Å². The molecule has 90 valence electrons. The first-order valence-electron chi connectivity index (χ1n) is 6.60. The molecule has 2 aliphatic rings. The second kappa shape index (κ2) is 5.03. The Bertz CT molecular complexity index is 291. The number of carboxylic acids is 1. The van der Waals surface area contributed by atoms with E-state index in [1.54, 1.807) is 6.92 Å². The van der Waals surface area contributed by atoms with Crippen molar-refractivity contribution in [1.29, 1.82) is 0 Å². The van der Waals surface area contributed by atoms with Crippen molar-refractivity contribution in [1.82, 2.24) is 0 Å². The Morgan fingerprint density at radius 2 is 1.81 bits per heavy atom. The fourth-order valence-corrected chi connectivity index (χ4v) is 3.59. The van der Waals surface area contributed by atoms with Gasteiger partial charge in [-0.2, -0.15) is 0 Å². The predicted molar refractivity (Wildman–Crippen MR) is 64.2 cm³/mol. The molecule has 3 atom stereocenters. The van der Waals surface area contributed by atoms with Crippen LogP contribution < -0.4 is 0 Å². The molecule has 16 heavy (non-hydrogen) atoms. The lowest BCUT2D eigenvalue weighted by Crippen LogP contribution is -2.30. The molecule has 0 aliphatic heterocycles. The lowest BCUT2D eigenvalue weighted by molar-refractivity contribution is -0.132. The number of carboxylic acid groups (broad SMARTS) is 1. The fourth-order valence-electron chi connectivity index (χ4n) is 3.59. The van der Waals surface area contributed by atoms with E-state index in [1.807, 2.05) is 6.08 Å². The van der Waals surface area contributed by atoms with Crippen LogP contribution in [0.2, 0.25) is 0 Å². The molecular formula is C14H22O2. The minimum atomic E-state index is -0.752. The molecule has 2 fully saturated rings. The monoisotopic (exact) mass is 222 g/mol. The summed E-state index contributed by atoms with van der Waals surface area (Å²) in [7, 11) is 0. The highest BCUT2D eigenvalue weighted by molar-refractivity contribution is 5.85. The van der Waals surface area contributed by atoms with Crippen LogP contribution in [-0.2, 0) is 4.79 Å². The van der Waals surface area contributed by atoms with E-state index in [0.29, 0.717) is 11.5 Å². The van der Waals surface area contributed by atoms with Crippen molar-refractivity contribution >= 4 is 5.97 Å². The number of hydrogen-bond acceptors (Lipinski definition) is 1. The molecule has 0 bridgehead atoms. The van der Waals surface area contributed by atoms with Gasteiger partial charge in [0.1, 0.15) is 0 Å². The van der Waals surface area contributed by atoms with Gasteiger partial charge in [-0.25, -0.2) is 4.79 Å². The van der Waals surface area contributed by atoms with Crippen molar-refractivity contribution in [3.63, 3.8) is 0 Å². The van der Waals surface area contributed by atoms with Crippen LogP contribution in [0, 0.1) is 17.8 Å². The van der Waals surface area contributed by atoms with E-state index in [-0.39, 0.29) is 0 Å². The maximum Gasteiger partial charge on any atom is 0.330 e. The van der Waals surface area contributed by atoms with Gasteiger partial charge in [-0.15, -0.1) is 0 Å². The minimum absolute atomic E-state index is 0.537. The van der Waals surface area contributed by atoms with Crippen molar-refractivity contribution in [3.8, 4) is 0 Å². The summed E-state index contributed by atoms with van der Waals surface area (Å²) in [5, 5.41) is 8.94. The van der Waals surface area contributed by atoms with Gasteiger partial charge in [0.05, 0.1) is 0 Å². The Labute approximate surface area is 97.7 Å². The van der Waals surface area contributed by atoms with Gasteiger partial charge < -0.3 is 5.11 Å². The maximum absolute atomic E-state index is 10.9. The Morgan fingerprint density at radius 1 is 1.12 bits per heavy atom. The van der Waals surface area contributed by atoms with Gasteiger partial charge >= 0.3 is 5.97 Å². The quantitative estimate of drug-likeness (QED) is 0.724. The molecule has 2 rings (SSSR count). The molecule has 2 saturated carbocycles. The topological polar surface area (TPSA) is 37.3 Å². The molecule has 2 nitrogen and oxygen atoms in total. The molecule has 2 heteroatoms. The fraction of sp³-hybridized carbons (Fsp3) is 0.786. The van der Waals surface area contributed by atoms with E-state index in [0.717, 1.165) is 11.8 Å². The first-order chi connectivity index (χ1) is 7.68. The molecule has 1 N–H and O–H groups in total.